The highest BCUT2D eigenvalue weighted by Gasteiger charge is 2.21. The van der Waals surface area contributed by atoms with Crippen LogP contribution in [-0.2, 0) is 0 Å². The average molecular weight is 474 g/mol. The second-order valence-corrected chi connectivity index (χ2v) is 8.92. The quantitative estimate of drug-likeness (QED) is 0.271. The lowest BCUT2D eigenvalue weighted by atomic mass is 9.98. The minimum absolute atomic E-state index is 0.0308. The Hall–Kier alpha value is -4.51. The van der Waals surface area contributed by atoms with Crippen molar-refractivity contribution in [1.82, 2.24) is 9.55 Å². The summed E-state index contributed by atoms with van der Waals surface area (Å²) in [7, 11) is 1.95. The Morgan fingerprint density at radius 3 is 1.92 bits per heavy atom. The summed E-state index contributed by atoms with van der Waals surface area (Å²) in [5, 5.41) is 0.558. The van der Waals surface area contributed by atoms with Gasteiger partial charge in [0.1, 0.15) is 5.82 Å². The van der Waals surface area contributed by atoms with E-state index < -0.39 is 0 Å². The van der Waals surface area contributed by atoms with Crippen molar-refractivity contribution in [2.24, 2.45) is 0 Å². The number of hydrogen-bond acceptors (Lipinski definition) is 4. The molecule has 0 unspecified atom stereocenters. The molecule has 5 nitrogen and oxygen atoms in total. The van der Waals surface area contributed by atoms with Crippen LogP contribution in [-0.4, -0.2) is 22.4 Å². The molecule has 0 fully saturated rings. The minimum atomic E-state index is -0.294. The Morgan fingerprint density at radius 1 is 0.806 bits per heavy atom. The van der Waals surface area contributed by atoms with E-state index >= 15 is 0 Å². The summed E-state index contributed by atoms with van der Waals surface area (Å²) in [4.78, 5) is 32.5. The van der Waals surface area contributed by atoms with Crippen LogP contribution in [0.5, 0.6) is 0 Å². The number of nitrogens with zero attached hydrogens (tertiary/aromatic N) is 3. The van der Waals surface area contributed by atoms with Gasteiger partial charge >= 0.3 is 0 Å². The van der Waals surface area contributed by atoms with E-state index in [1.54, 1.807) is 11.5 Å². The number of carbonyl (C=O) groups is 1. The third-order valence-electron chi connectivity index (χ3n) is 6.60. The molecular formula is C31H27N3O2. The van der Waals surface area contributed by atoms with E-state index in [1.807, 2.05) is 122 Å². The molecule has 0 N–H and O–H groups in total. The number of anilines is 2. The summed E-state index contributed by atoms with van der Waals surface area (Å²) in [5.74, 6) is 0.689. The van der Waals surface area contributed by atoms with Gasteiger partial charge in [-0.05, 0) is 67.4 Å². The molecule has 1 heterocycles. The first-order valence-corrected chi connectivity index (χ1v) is 11.9. The zero-order chi connectivity index (χ0) is 25.2. The van der Waals surface area contributed by atoms with Gasteiger partial charge in [0.05, 0.1) is 16.9 Å². The Bertz CT molecular complexity index is 1550. The van der Waals surface area contributed by atoms with Gasteiger partial charge in [0.25, 0.3) is 5.56 Å². The van der Waals surface area contributed by atoms with Crippen LogP contribution in [0.25, 0.3) is 10.9 Å². The van der Waals surface area contributed by atoms with Gasteiger partial charge in [-0.2, -0.15) is 0 Å². The van der Waals surface area contributed by atoms with Gasteiger partial charge in [-0.3, -0.25) is 14.2 Å². The SMILES string of the molecule is CC(=O)c1ccc(N(C)c2ccc3nc(C)n(C(c4ccccc4)c4ccccc4)c(=O)c3c2)cc1. The van der Waals surface area contributed by atoms with Crippen molar-refractivity contribution < 1.29 is 4.79 Å². The summed E-state index contributed by atoms with van der Waals surface area (Å²) < 4.78 is 1.79. The Labute approximate surface area is 210 Å². The van der Waals surface area contributed by atoms with Crippen molar-refractivity contribution >= 4 is 28.1 Å². The van der Waals surface area contributed by atoms with Crippen LogP contribution in [0.3, 0.4) is 0 Å². The molecule has 178 valence electrons. The fourth-order valence-corrected chi connectivity index (χ4v) is 4.64. The second-order valence-electron chi connectivity index (χ2n) is 8.92. The van der Waals surface area contributed by atoms with Crippen LogP contribution >= 0.6 is 0 Å². The van der Waals surface area contributed by atoms with Crippen LogP contribution in [0.2, 0.25) is 0 Å². The van der Waals surface area contributed by atoms with Crippen LogP contribution in [0.4, 0.5) is 11.4 Å². The Balaban J connectivity index is 1.65. The van der Waals surface area contributed by atoms with E-state index in [9.17, 15) is 9.59 Å². The Kier molecular flexibility index (Phi) is 6.21. The molecule has 4 aromatic carbocycles. The van der Waals surface area contributed by atoms with Crippen molar-refractivity contribution in [2.45, 2.75) is 19.9 Å². The summed E-state index contributed by atoms with van der Waals surface area (Å²) >= 11 is 0. The van der Waals surface area contributed by atoms with E-state index in [4.69, 9.17) is 4.98 Å². The molecular weight excluding hydrogens is 446 g/mol. The number of rotatable bonds is 6. The lowest BCUT2D eigenvalue weighted by Gasteiger charge is -2.24. The number of fused-ring (bicyclic) bond motifs is 1. The number of benzene rings is 4. The molecule has 0 saturated carbocycles. The fourth-order valence-electron chi connectivity index (χ4n) is 4.64. The van der Waals surface area contributed by atoms with Crippen LogP contribution in [0, 0.1) is 6.92 Å². The number of carbonyl (C=O) groups excluding carboxylic acids is 1. The first-order chi connectivity index (χ1) is 17.4. The lowest BCUT2D eigenvalue weighted by Crippen LogP contribution is -2.29. The topological polar surface area (TPSA) is 55.2 Å². The highest BCUT2D eigenvalue weighted by molar-refractivity contribution is 5.94. The number of Topliss-reactive ketones (excluding diaryl/α,β-unsaturated/α-hetero) is 1. The largest absolute Gasteiger partial charge is 0.345 e. The summed E-state index contributed by atoms with van der Waals surface area (Å²) in [6, 6.07) is 33.0. The summed E-state index contributed by atoms with van der Waals surface area (Å²) in [6.07, 6.45) is 0. The van der Waals surface area contributed by atoms with Crippen molar-refractivity contribution in [2.75, 3.05) is 11.9 Å². The van der Waals surface area contributed by atoms with Gasteiger partial charge in [0.15, 0.2) is 5.78 Å². The Morgan fingerprint density at radius 2 is 1.36 bits per heavy atom. The number of aryl methyl sites for hydroxylation is 1. The monoisotopic (exact) mass is 473 g/mol. The van der Waals surface area contributed by atoms with Gasteiger partial charge in [0, 0.05) is 24.0 Å². The first kappa shape index (κ1) is 23.2. The fraction of sp³-hybridized carbons (Fsp3) is 0.129. The van der Waals surface area contributed by atoms with E-state index in [-0.39, 0.29) is 17.4 Å². The zero-order valence-corrected chi connectivity index (χ0v) is 20.6. The lowest BCUT2D eigenvalue weighted by molar-refractivity contribution is 0.101. The second kappa shape index (κ2) is 9.62. The molecule has 1 aromatic heterocycles. The van der Waals surface area contributed by atoms with Crippen LogP contribution in [0.15, 0.2) is 108 Å². The molecule has 0 spiro atoms. The third-order valence-corrected chi connectivity index (χ3v) is 6.60. The van der Waals surface area contributed by atoms with E-state index in [0.29, 0.717) is 22.3 Å². The molecule has 0 bridgehead atoms. The predicted octanol–water partition coefficient (Wildman–Crippen LogP) is 6.31. The van der Waals surface area contributed by atoms with Crippen molar-refractivity contribution in [3.63, 3.8) is 0 Å². The van der Waals surface area contributed by atoms with E-state index in [1.165, 1.54) is 0 Å². The molecule has 5 rings (SSSR count). The van der Waals surface area contributed by atoms with Crippen molar-refractivity contribution in [1.29, 1.82) is 0 Å². The number of hydrogen-bond donors (Lipinski definition) is 0. The molecule has 0 radical (unpaired) electrons. The molecule has 36 heavy (non-hydrogen) atoms. The standard InChI is InChI=1S/C31H27N3O2/c1-21(35)23-14-16-26(17-15-23)33(3)27-18-19-29-28(20-27)31(36)34(22(2)32-29)30(24-10-6-4-7-11-24)25-12-8-5-9-13-25/h4-20,30H,1-3H3. The normalized spacial score (nSPS) is 11.1. The minimum Gasteiger partial charge on any atom is -0.345 e. The maximum Gasteiger partial charge on any atom is 0.262 e. The maximum atomic E-state index is 14.0. The van der Waals surface area contributed by atoms with Crippen molar-refractivity contribution in [3.8, 4) is 0 Å². The molecule has 5 heteroatoms. The molecule has 0 aliphatic rings. The molecule has 0 aliphatic carbocycles. The average Bonchev–Trinajstić information content (AvgIpc) is 2.91. The maximum absolute atomic E-state index is 14.0. The molecule has 5 aromatic rings. The summed E-state index contributed by atoms with van der Waals surface area (Å²) in [6.45, 7) is 3.44. The van der Waals surface area contributed by atoms with Crippen LogP contribution in [0.1, 0.15) is 40.3 Å². The van der Waals surface area contributed by atoms with Gasteiger partial charge in [-0.25, -0.2) is 4.98 Å². The first-order valence-electron chi connectivity index (χ1n) is 11.9. The van der Waals surface area contributed by atoms with Gasteiger partial charge < -0.3 is 4.90 Å². The molecule has 0 atom stereocenters. The zero-order valence-electron chi connectivity index (χ0n) is 20.6. The van der Waals surface area contributed by atoms with E-state index in [2.05, 4.69) is 0 Å². The number of ketones is 1. The van der Waals surface area contributed by atoms with Gasteiger partial charge in [-0.1, -0.05) is 60.7 Å². The molecule has 0 saturated heterocycles. The molecule has 0 aliphatic heterocycles. The number of aromatic nitrogens is 2. The van der Waals surface area contributed by atoms with Crippen molar-refractivity contribution in [3.05, 3.63) is 136 Å². The molecule has 0 amide bonds. The van der Waals surface area contributed by atoms with Gasteiger partial charge in [-0.15, -0.1) is 0 Å². The highest BCUT2D eigenvalue weighted by atomic mass is 16.1. The summed E-state index contributed by atoms with van der Waals surface area (Å²) in [5.41, 5.74) is 5.08. The predicted molar refractivity (Wildman–Crippen MR) is 145 cm³/mol. The smallest absolute Gasteiger partial charge is 0.262 e. The third kappa shape index (κ3) is 4.31. The van der Waals surface area contributed by atoms with Crippen LogP contribution < -0.4 is 10.5 Å². The van der Waals surface area contributed by atoms with E-state index in [0.717, 1.165) is 22.5 Å². The van der Waals surface area contributed by atoms with Gasteiger partial charge in [0.2, 0.25) is 0 Å². The highest BCUT2D eigenvalue weighted by Crippen LogP contribution is 2.29.